The lowest BCUT2D eigenvalue weighted by molar-refractivity contribution is 0.0768. The van der Waals surface area contributed by atoms with Crippen LogP contribution in [0.1, 0.15) is 10.5 Å². The molecule has 0 aliphatic carbocycles. The summed E-state index contributed by atoms with van der Waals surface area (Å²) in [6.07, 6.45) is 1.60. The van der Waals surface area contributed by atoms with Crippen LogP contribution in [0.4, 0.5) is 5.69 Å². The number of benzene rings is 1. The van der Waals surface area contributed by atoms with Crippen LogP contribution >= 0.6 is 11.6 Å². The fourth-order valence-corrected chi connectivity index (χ4v) is 1.99. The van der Waals surface area contributed by atoms with Crippen molar-refractivity contribution in [3.8, 4) is 5.75 Å². The third-order valence-electron chi connectivity index (χ3n) is 2.90. The fourth-order valence-electron chi connectivity index (χ4n) is 1.81. The normalized spacial score (nSPS) is 10.4. The van der Waals surface area contributed by atoms with Crippen molar-refractivity contribution in [1.82, 2.24) is 14.7 Å². The van der Waals surface area contributed by atoms with Gasteiger partial charge in [-0.15, -0.1) is 0 Å². The van der Waals surface area contributed by atoms with Crippen molar-refractivity contribution >= 4 is 23.2 Å². The van der Waals surface area contributed by atoms with Gasteiger partial charge in [0.05, 0.1) is 12.2 Å². The zero-order valence-electron chi connectivity index (χ0n) is 11.9. The molecule has 7 heteroatoms. The van der Waals surface area contributed by atoms with Crippen LogP contribution < -0.4 is 10.5 Å². The summed E-state index contributed by atoms with van der Waals surface area (Å²) < 4.78 is 7.06. The Morgan fingerprint density at radius 1 is 1.52 bits per heavy atom. The summed E-state index contributed by atoms with van der Waals surface area (Å²) in [5.74, 6) is 0.434. The zero-order valence-corrected chi connectivity index (χ0v) is 12.7. The lowest BCUT2D eigenvalue weighted by Gasteiger charge is -2.16. The van der Waals surface area contributed by atoms with Crippen LogP contribution in [0.5, 0.6) is 5.75 Å². The summed E-state index contributed by atoms with van der Waals surface area (Å²) >= 11 is 5.87. The van der Waals surface area contributed by atoms with Gasteiger partial charge in [0.2, 0.25) is 0 Å². The molecule has 0 spiro atoms. The molecule has 1 aromatic carbocycles. The van der Waals surface area contributed by atoms with Gasteiger partial charge in [0.15, 0.2) is 5.69 Å². The number of hydrogen-bond donors (Lipinski definition) is 1. The molecule has 0 unspecified atom stereocenters. The quantitative estimate of drug-likeness (QED) is 0.914. The number of likely N-dealkylation sites (N-methyl/N-ethyl adjacent to an activating group) is 1. The molecule has 0 bridgehead atoms. The number of halogens is 1. The molecule has 0 aliphatic heterocycles. The Morgan fingerprint density at radius 3 is 2.90 bits per heavy atom. The maximum atomic E-state index is 12.2. The molecular formula is C14H17ClN4O2. The van der Waals surface area contributed by atoms with Crippen molar-refractivity contribution in [1.29, 1.82) is 0 Å². The first kappa shape index (κ1) is 15.2. The Labute approximate surface area is 128 Å². The molecule has 6 nitrogen and oxygen atoms in total. The fraction of sp³-hybridized carbons (Fsp3) is 0.286. The first-order valence-corrected chi connectivity index (χ1v) is 6.78. The van der Waals surface area contributed by atoms with Crippen molar-refractivity contribution < 1.29 is 9.53 Å². The minimum absolute atomic E-state index is 0.234. The van der Waals surface area contributed by atoms with E-state index in [2.05, 4.69) is 5.10 Å². The summed E-state index contributed by atoms with van der Waals surface area (Å²) in [6, 6.07) is 7.11. The van der Waals surface area contributed by atoms with Gasteiger partial charge in [0, 0.05) is 25.3 Å². The highest BCUT2D eigenvalue weighted by atomic mass is 35.5. The van der Waals surface area contributed by atoms with Crippen LogP contribution in [0.25, 0.3) is 0 Å². The maximum absolute atomic E-state index is 12.2. The summed E-state index contributed by atoms with van der Waals surface area (Å²) in [4.78, 5) is 13.7. The predicted octanol–water partition coefficient (Wildman–Crippen LogP) is 1.81. The number of aryl methyl sites for hydroxylation is 1. The second-order valence-corrected chi connectivity index (χ2v) is 5.08. The van der Waals surface area contributed by atoms with Gasteiger partial charge in [-0.3, -0.25) is 9.48 Å². The zero-order chi connectivity index (χ0) is 15.4. The van der Waals surface area contributed by atoms with Gasteiger partial charge < -0.3 is 15.4 Å². The monoisotopic (exact) mass is 308 g/mol. The van der Waals surface area contributed by atoms with Crippen LogP contribution in [0, 0.1) is 0 Å². The lowest BCUT2D eigenvalue weighted by Crippen LogP contribution is -2.31. The molecule has 21 heavy (non-hydrogen) atoms. The van der Waals surface area contributed by atoms with E-state index in [0.29, 0.717) is 29.6 Å². The van der Waals surface area contributed by atoms with Crippen LogP contribution in [0.2, 0.25) is 5.02 Å². The van der Waals surface area contributed by atoms with Crippen LogP contribution in [-0.4, -0.2) is 40.8 Å². The Hall–Kier alpha value is -2.21. The van der Waals surface area contributed by atoms with Crippen LogP contribution in [0.3, 0.4) is 0 Å². The average molecular weight is 309 g/mol. The van der Waals surface area contributed by atoms with Gasteiger partial charge in [0.1, 0.15) is 12.4 Å². The number of nitrogens with zero attached hydrogens (tertiary/aromatic N) is 3. The summed E-state index contributed by atoms with van der Waals surface area (Å²) in [6.45, 7) is 0.774. The summed E-state index contributed by atoms with van der Waals surface area (Å²) in [7, 11) is 3.40. The average Bonchev–Trinajstić information content (AvgIpc) is 2.77. The van der Waals surface area contributed by atoms with E-state index in [1.807, 2.05) is 6.07 Å². The topological polar surface area (TPSA) is 73.4 Å². The minimum Gasteiger partial charge on any atom is -0.492 e. The SMILES string of the molecule is CN(CCOc1cccc(Cl)c1)C(=O)c1nn(C)cc1N. The molecule has 0 saturated heterocycles. The van der Waals surface area contributed by atoms with Crippen molar-refractivity contribution in [2.24, 2.45) is 7.05 Å². The smallest absolute Gasteiger partial charge is 0.276 e. The van der Waals surface area contributed by atoms with E-state index in [0.717, 1.165) is 0 Å². The highest BCUT2D eigenvalue weighted by Gasteiger charge is 2.18. The Balaban J connectivity index is 1.88. The molecule has 2 N–H and O–H groups in total. The highest BCUT2D eigenvalue weighted by Crippen LogP contribution is 2.17. The van der Waals surface area contributed by atoms with E-state index < -0.39 is 0 Å². The number of hydrogen-bond acceptors (Lipinski definition) is 4. The lowest BCUT2D eigenvalue weighted by atomic mass is 10.3. The van der Waals surface area contributed by atoms with Gasteiger partial charge in [-0.2, -0.15) is 5.10 Å². The van der Waals surface area contributed by atoms with Crippen LogP contribution in [0.15, 0.2) is 30.5 Å². The summed E-state index contributed by atoms with van der Waals surface area (Å²) in [5, 5.41) is 4.66. The molecule has 1 heterocycles. The second-order valence-electron chi connectivity index (χ2n) is 4.64. The van der Waals surface area contributed by atoms with E-state index in [1.165, 1.54) is 9.58 Å². The number of carbonyl (C=O) groups is 1. The predicted molar refractivity (Wildman–Crippen MR) is 81.5 cm³/mol. The third kappa shape index (κ3) is 3.88. The van der Waals surface area contributed by atoms with Gasteiger partial charge in [-0.25, -0.2) is 0 Å². The number of carbonyl (C=O) groups excluding carboxylic acids is 1. The maximum Gasteiger partial charge on any atom is 0.276 e. The minimum atomic E-state index is -0.234. The van der Waals surface area contributed by atoms with Crippen molar-refractivity contribution in [3.05, 3.63) is 41.2 Å². The molecule has 0 saturated carbocycles. The van der Waals surface area contributed by atoms with E-state index in [1.54, 1.807) is 38.5 Å². The van der Waals surface area contributed by atoms with Crippen molar-refractivity contribution in [2.45, 2.75) is 0 Å². The van der Waals surface area contributed by atoms with E-state index in [-0.39, 0.29) is 11.6 Å². The van der Waals surface area contributed by atoms with Crippen LogP contribution in [-0.2, 0) is 7.05 Å². The highest BCUT2D eigenvalue weighted by molar-refractivity contribution is 6.30. The molecule has 2 aromatic rings. The molecular weight excluding hydrogens is 292 g/mol. The molecule has 0 fully saturated rings. The number of aromatic nitrogens is 2. The first-order valence-electron chi connectivity index (χ1n) is 6.40. The third-order valence-corrected chi connectivity index (χ3v) is 3.13. The van der Waals surface area contributed by atoms with Crippen molar-refractivity contribution in [3.63, 3.8) is 0 Å². The number of amides is 1. The number of anilines is 1. The van der Waals surface area contributed by atoms with Gasteiger partial charge in [0.25, 0.3) is 5.91 Å². The summed E-state index contributed by atoms with van der Waals surface area (Å²) in [5.41, 5.74) is 6.36. The molecule has 1 aromatic heterocycles. The molecule has 1 amide bonds. The van der Waals surface area contributed by atoms with Gasteiger partial charge in [-0.1, -0.05) is 17.7 Å². The number of nitrogen functional groups attached to an aromatic ring is 1. The van der Waals surface area contributed by atoms with Gasteiger partial charge in [-0.05, 0) is 18.2 Å². The van der Waals surface area contributed by atoms with E-state index in [9.17, 15) is 4.79 Å². The number of ether oxygens (including phenoxy) is 1. The largest absolute Gasteiger partial charge is 0.492 e. The van der Waals surface area contributed by atoms with E-state index in [4.69, 9.17) is 22.1 Å². The Bertz CT molecular complexity index is 642. The number of rotatable bonds is 5. The van der Waals surface area contributed by atoms with Crippen molar-refractivity contribution in [2.75, 3.05) is 25.9 Å². The molecule has 0 aliphatic rings. The standard InChI is InChI=1S/C14H17ClN4O2/c1-18(14(20)13-12(16)9-19(2)17-13)6-7-21-11-5-3-4-10(15)8-11/h3-5,8-9H,6-7,16H2,1-2H3. The Kier molecular flexibility index (Phi) is 4.70. The second kappa shape index (κ2) is 6.49. The number of nitrogens with two attached hydrogens (primary N) is 1. The molecule has 0 atom stereocenters. The molecule has 2 rings (SSSR count). The molecule has 112 valence electrons. The first-order chi connectivity index (χ1) is 9.97. The van der Waals surface area contributed by atoms with E-state index >= 15 is 0 Å². The van der Waals surface area contributed by atoms with Gasteiger partial charge >= 0.3 is 0 Å². The molecule has 0 radical (unpaired) electrons. The Morgan fingerprint density at radius 2 is 2.29 bits per heavy atom.